The van der Waals surface area contributed by atoms with Crippen LogP contribution in [-0.2, 0) is 9.47 Å². The van der Waals surface area contributed by atoms with Gasteiger partial charge in [0.25, 0.3) is 5.82 Å². The van der Waals surface area contributed by atoms with E-state index in [0.717, 1.165) is 19.4 Å². The van der Waals surface area contributed by atoms with Crippen molar-refractivity contribution in [2.24, 2.45) is 0 Å². The molecule has 0 radical (unpaired) electrons. The Hall–Kier alpha value is -1.43. The number of esters is 1. The quantitative estimate of drug-likeness (QED) is 0.749. The molecule has 1 atom stereocenters. The van der Waals surface area contributed by atoms with Gasteiger partial charge in [-0.1, -0.05) is 0 Å². The second-order valence-corrected chi connectivity index (χ2v) is 3.27. The molecule has 0 unspecified atom stereocenters. The maximum absolute atomic E-state index is 11.3. The van der Waals surface area contributed by atoms with Crippen molar-refractivity contribution in [2.75, 3.05) is 13.2 Å². The summed E-state index contributed by atoms with van der Waals surface area (Å²) in [5.74, 6) is 0.177. The third-order valence-corrected chi connectivity index (χ3v) is 2.20. The number of ether oxygens (including phenoxy) is 2. The average molecular weight is 211 g/mol. The van der Waals surface area contributed by atoms with Gasteiger partial charge in [-0.3, -0.25) is 5.10 Å². The Labute approximate surface area is 87.0 Å². The summed E-state index contributed by atoms with van der Waals surface area (Å²) >= 11 is 0. The summed E-state index contributed by atoms with van der Waals surface area (Å²) in [7, 11) is 0. The van der Waals surface area contributed by atoms with E-state index in [9.17, 15) is 4.79 Å². The molecular weight excluding hydrogens is 198 g/mol. The molecule has 0 saturated carbocycles. The standard InChI is InChI=1S/C9H13N3O3/c1-2-14-9(13)8-10-7(11-12-8)6-4-3-5-15-6/h6H,2-5H2,1H3,(H,10,11,12)/t6-/m0/s1. The molecule has 1 aliphatic heterocycles. The van der Waals surface area contributed by atoms with E-state index < -0.39 is 5.97 Å². The van der Waals surface area contributed by atoms with E-state index in [1.54, 1.807) is 6.92 Å². The fourth-order valence-electron chi connectivity index (χ4n) is 1.50. The van der Waals surface area contributed by atoms with E-state index in [0.29, 0.717) is 12.4 Å². The van der Waals surface area contributed by atoms with Crippen LogP contribution in [-0.4, -0.2) is 34.4 Å². The highest BCUT2D eigenvalue weighted by Gasteiger charge is 2.23. The number of aromatic nitrogens is 3. The molecule has 1 aliphatic rings. The van der Waals surface area contributed by atoms with Gasteiger partial charge in [0.05, 0.1) is 6.61 Å². The van der Waals surface area contributed by atoms with Gasteiger partial charge >= 0.3 is 5.97 Å². The predicted octanol–water partition coefficient (Wildman–Crippen LogP) is 0.833. The topological polar surface area (TPSA) is 77.1 Å². The third kappa shape index (κ3) is 2.15. The minimum atomic E-state index is -0.502. The first kappa shape index (κ1) is 10.1. The molecule has 0 aliphatic carbocycles. The van der Waals surface area contributed by atoms with E-state index in [4.69, 9.17) is 9.47 Å². The summed E-state index contributed by atoms with van der Waals surface area (Å²) in [6.07, 6.45) is 1.87. The lowest BCUT2D eigenvalue weighted by Crippen LogP contribution is -2.07. The highest BCUT2D eigenvalue weighted by molar-refractivity contribution is 5.84. The van der Waals surface area contributed by atoms with Crippen molar-refractivity contribution in [3.63, 3.8) is 0 Å². The zero-order chi connectivity index (χ0) is 10.7. The number of nitrogens with one attached hydrogen (secondary N) is 1. The van der Waals surface area contributed by atoms with Crippen molar-refractivity contribution in [2.45, 2.75) is 25.9 Å². The van der Waals surface area contributed by atoms with Gasteiger partial charge in [0.2, 0.25) is 0 Å². The lowest BCUT2D eigenvalue weighted by atomic mass is 10.2. The number of nitrogens with zero attached hydrogens (tertiary/aromatic N) is 2. The minimum Gasteiger partial charge on any atom is -0.460 e. The fourth-order valence-corrected chi connectivity index (χ4v) is 1.50. The Morgan fingerprint density at radius 3 is 3.27 bits per heavy atom. The van der Waals surface area contributed by atoms with Crippen LogP contribution in [0.4, 0.5) is 0 Å². The van der Waals surface area contributed by atoms with Crippen LogP contribution in [0.1, 0.15) is 42.3 Å². The minimum absolute atomic E-state index is 0.0549. The molecule has 0 spiro atoms. The summed E-state index contributed by atoms with van der Waals surface area (Å²) in [6, 6.07) is 0. The molecule has 0 bridgehead atoms. The third-order valence-electron chi connectivity index (χ3n) is 2.20. The van der Waals surface area contributed by atoms with Gasteiger partial charge < -0.3 is 9.47 Å². The van der Waals surface area contributed by atoms with E-state index in [1.165, 1.54) is 0 Å². The first-order valence-electron chi connectivity index (χ1n) is 5.02. The fraction of sp³-hybridized carbons (Fsp3) is 0.667. The molecule has 1 fully saturated rings. The second kappa shape index (κ2) is 4.39. The van der Waals surface area contributed by atoms with Crippen LogP contribution in [0.2, 0.25) is 0 Å². The lowest BCUT2D eigenvalue weighted by molar-refractivity contribution is 0.0512. The number of rotatable bonds is 3. The Morgan fingerprint density at radius 1 is 1.73 bits per heavy atom. The first-order valence-corrected chi connectivity index (χ1v) is 5.02. The Kier molecular flexibility index (Phi) is 2.96. The van der Waals surface area contributed by atoms with Gasteiger partial charge in [0.1, 0.15) is 6.10 Å². The number of H-pyrrole nitrogens is 1. The average Bonchev–Trinajstić information content (AvgIpc) is 2.89. The van der Waals surface area contributed by atoms with Gasteiger partial charge in [-0.15, -0.1) is 5.10 Å². The lowest BCUT2D eigenvalue weighted by Gasteiger charge is -2.02. The summed E-state index contributed by atoms with van der Waals surface area (Å²) in [5.41, 5.74) is 0. The summed E-state index contributed by atoms with van der Waals surface area (Å²) in [6.45, 7) is 2.80. The Balaban J connectivity index is 2.06. The molecule has 2 rings (SSSR count). The molecule has 1 saturated heterocycles. The SMILES string of the molecule is CCOC(=O)c1n[nH]c([C@@H]2CCCO2)n1. The van der Waals surface area contributed by atoms with Crippen molar-refractivity contribution in [3.05, 3.63) is 11.6 Å². The van der Waals surface area contributed by atoms with Crippen LogP contribution < -0.4 is 0 Å². The Morgan fingerprint density at radius 2 is 2.60 bits per heavy atom. The predicted molar refractivity (Wildman–Crippen MR) is 50.3 cm³/mol. The molecule has 1 N–H and O–H groups in total. The van der Waals surface area contributed by atoms with Crippen molar-refractivity contribution < 1.29 is 14.3 Å². The van der Waals surface area contributed by atoms with Gasteiger partial charge in [0, 0.05) is 6.61 Å². The molecule has 6 nitrogen and oxygen atoms in total. The molecule has 1 aromatic rings. The molecule has 15 heavy (non-hydrogen) atoms. The van der Waals surface area contributed by atoms with Crippen molar-refractivity contribution in [3.8, 4) is 0 Å². The van der Waals surface area contributed by atoms with E-state index in [-0.39, 0.29) is 11.9 Å². The molecular formula is C9H13N3O3. The molecule has 1 aromatic heterocycles. The first-order chi connectivity index (χ1) is 7.31. The molecule has 0 aromatic carbocycles. The summed E-state index contributed by atoms with van der Waals surface area (Å²) < 4.78 is 10.2. The van der Waals surface area contributed by atoms with Crippen LogP contribution in [0, 0.1) is 0 Å². The highest BCUT2D eigenvalue weighted by Crippen LogP contribution is 2.25. The normalized spacial score (nSPS) is 20.5. The smallest absolute Gasteiger partial charge is 0.378 e. The van der Waals surface area contributed by atoms with Crippen molar-refractivity contribution in [1.82, 2.24) is 15.2 Å². The molecule has 2 heterocycles. The van der Waals surface area contributed by atoms with Crippen LogP contribution in [0.25, 0.3) is 0 Å². The highest BCUT2D eigenvalue weighted by atomic mass is 16.5. The molecule has 6 heteroatoms. The van der Waals surface area contributed by atoms with E-state index in [2.05, 4.69) is 15.2 Å². The van der Waals surface area contributed by atoms with Crippen molar-refractivity contribution >= 4 is 5.97 Å². The largest absolute Gasteiger partial charge is 0.460 e. The number of aromatic amines is 1. The van der Waals surface area contributed by atoms with Gasteiger partial charge in [-0.2, -0.15) is 0 Å². The molecule has 82 valence electrons. The van der Waals surface area contributed by atoms with Crippen LogP contribution in [0.3, 0.4) is 0 Å². The van der Waals surface area contributed by atoms with Gasteiger partial charge in [-0.05, 0) is 19.8 Å². The second-order valence-electron chi connectivity index (χ2n) is 3.27. The van der Waals surface area contributed by atoms with Gasteiger partial charge in [-0.25, -0.2) is 9.78 Å². The van der Waals surface area contributed by atoms with E-state index in [1.807, 2.05) is 0 Å². The van der Waals surface area contributed by atoms with Gasteiger partial charge in [0.15, 0.2) is 5.82 Å². The number of carbonyl (C=O) groups excluding carboxylic acids is 1. The van der Waals surface area contributed by atoms with Crippen LogP contribution in [0.15, 0.2) is 0 Å². The number of carbonyl (C=O) groups is 1. The zero-order valence-electron chi connectivity index (χ0n) is 8.52. The number of hydrogen-bond donors (Lipinski definition) is 1. The number of hydrogen-bond acceptors (Lipinski definition) is 5. The summed E-state index contributed by atoms with van der Waals surface area (Å²) in [4.78, 5) is 15.3. The summed E-state index contributed by atoms with van der Waals surface area (Å²) in [5, 5.41) is 6.49. The zero-order valence-corrected chi connectivity index (χ0v) is 8.52. The molecule has 0 amide bonds. The van der Waals surface area contributed by atoms with Crippen molar-refractivity contribution in [1.29, 1.82) is 0 Å². The maximum atomic E-state index is 11.3. The van der Waals surface area contributed by atoms with Crippen LogP contribution >= 0.6 is 0 Å². The Bertz CT molecular complexity index is 344. The maximum Gasteiger partial charge on any atom is 0.378 e. The monoisotopic (exact) mass is 211 g/mol. The van der Waals surface area contributed by atoms with Crippen LogP contribution in [0.5, 0.6) is 0 Å². The van der Waals surface area contributed by atoms with E-state index >= 15 is 0 Å².